The largest absolute Gasteiger partial charge is 0.472 e. The monoisotopic (exact) mass is 928 g/mol. The van der Waals surface area contributed by atoms with Gasteiger partial charge in [0.1, 0.15) is 13.2 Å². The molecule has 0 aromatic rings. The number of carbonyl (C=O) groups excluding carboxylic acids is 1. The normalized spacial score (nSPS) is 14.9. The van der Waals surface area contributed by atoms with Gasteiger partial charge in [-0.3, -0.25) is 13.8 Å². The van der Waals surface area contributed by atoms with Crippen molar-refractivity contribution in [1.29, 1.82) is 0 Å². The number of likely N-dealkylation sites (N-methyl/N-ethyl adjacent to an activating group) is 1. The zero-order chi connectivity index (χ0) is 47.8. The highest BCUT2D eigenvalue weighted by molar-refractivity contribution is 7.47. The lowest BCUT2D eigenvalue weighted by Crippen LogP contribution is -2.46. The number of aliphatic hydroxyl groups is 1. The van der Waals surface area contributed by atoms with Crippen molar-refractivity contribution in [2.75, 3.05) is 40.9 Å². The first-order valence-electron chi connectivity index (χ1n) is 26.1. The molecule has 0 aliphatic heterocycles. The van der Waals surface area contributed by atoms with Gasteiger partial charge in [0.2, 0.25) is 5.91 Å². The molecule has 9 heteroatoms. The summed E-state index contributed by atoms with van der Waals surface area (Å²) < 4.78 is 23.7. The van der Waals surface area contributed by atoms with Crippen molar-refractivity contribution in [3.8, 4) is 0 Å². The summed E-state index contributed by atoms with van der Waals surface area (Å²) in [5.41, 5.74) is 0. The van der Waals surface area contributed by atoms with Gasteiger partial charge in [-0.15, -0.1) is 0 Å². The Balaban J connectivity index is 4.37. The van der Waals surface area contributed by atoms with Crippen LogP contribution in [0.2, 0.25) is 0 Å². The second-order valence-corrected chi connectivity index (χ2v) is 20.0. The zero-order valence-corrected chi connectivity index (χ0v) is 43.3. The van der Waals surface area contributed by atoms with E-state index in [1.54, 1.807) is 0 Å². The van der Waals surface area contributed by atoms with Crippen molar-refractivity contribution >= 4 is 13.7 Å². The van der Waals surface area contributed by atoms with Gasteiger partial charge < -0.3 is 19.8 Å². The van der Waals surface area contributed by atoms with E-state index in [1.807, 2.05) is 21.1 Å². The van der Waals surface area contributed by atoms with Crippen LogP contribution in [0.4, 0.5) is 0 Å². The van der Waals surface area contributed by atoms with E-state index in [4.69, 9.17) is 9.05 Å². The maximum absolute atomic E-state index is 12.9. The Kier molecular flexibility index (Phi) is 44.7. The predicted octanol–water partition coefficient (Wildman–Crippen LogP) is 15.5. The number of hydrogen-bond donors (Lipinski definition) is 3. The first-order valence-corrected chi connectivity index (χ1v) is 27.6. The van der Waals surface area contributed by atoms with E-state index >= 15 is 0 Å². The fourth-order valence-electron chi connectivity index (χ4n) is 7.00. The molecule has 3 atom stereocenters. The molecule has 374 valence electrons. The van der Waals surface area contributed by atoms with Gasteiger partial charge in [-0.2, -0.15) is 0 Å². The van der Waals surface area contributed by atoms with Crippen LogP contribution in [0.5, 0.6) is 0 Å². The molecule has 0 fully saturated rings. The first-order chi connectivity index (χ1) is 31.5. The molecule has 8 nitrogen and oxygen atoms in total. The van der Waals surface area contributed by atoms with E-state index in [0.717, 1.165) is 83.5 Å². The summed E-state index contributed by atoms with van der Waals surface area (Å²) in [6, 6.07) is -0.791. The second kappa shape index (κ2) is 46.5. The van der Waals surface area contributed by atoms with Gasteiger partial charge in [0, 0.05) is 6.42 Å². The van der Waals surface area contributed by atoms with Crippen LogP contribution in [-0.2, 0) is 18.4 Å². The Hall–Kier alpha value is -2.58. The third-order valence-electron chi connectivity index (χ3n) is 11.1. The van der Waals surface area contributed by atoms with Crippen LogP contribution in [0.15, 0.2) is 97.2 Å². The Morgan fingerprint density at radius 2 is 0.923 bits per heavy atom. The average Bonchev–Trinajstić information content (AvgIpc) is 3.26. The predicted molar refractivity (Wildman–Crippen MR) is 281 cm³/mol. The number of aliphatic hydroxyl groups excluding tert-OH is 1. The zero-order valence-electron chi connectivity index (χ0n) is 42.4. The highest BCUT2D eigenvalue weighted by Crippen LogP contribution is 2.43. The minimum Gasteiger partial charge on any atom is -0.391 e. The minimum atomic E-state index is -4.34. The summed E-state index contributed by atoms with van der Waals surface area (Å²) >= 11 is 0. The van der Waals surface area contributed by atoms with Crippen molar-refractivity contribution < 1.29 is 32.9 Å². The SMILES string of the molecule is CC/C=C\C/C=C\C/C=C\C/C=C\C/C=C\C/C=C\C/C=C\C/C=C\CCCCC(=O)NC(COP(=O)(O)OCC[N+](C)(C)C)C(O)CCCCCCCCCCCCCCCCCC. The summed E-state index contributed by atoms with van der Waals surface area (Å²) in [7, 11) is 1.57. The van der Waals surface area contributed by atoms with Crippen molar-refractivity contribution in [2.45, 2.75) is 212 Å². The molecule has 0 heterocycles. The van der Waals surface area contributed by atoms with E-state index in [9.17, 15) is 19.4 Å². The highest BCUT2D eigenvalue weighted by Gasteiger charge is 2.28. The molecule has 3 unspecified atom stereocenters. The molecular weight excluding hydrogens is 828 g/mol. The van der Waals surface area contributed by atoms with Gasteiger partial charge in [-0.25, -0.2) is 4.57 Å². The smallest absolute Gasteiger partial charge is 0.391 e. The van der Waals surface area contributed by atoms with E-state index in [2.05, 4.69) is 116 Å². The molecule has 0 saturated carbocycles. The molecule has 3 N–H and O–H groups in total. The van der Waals surface area contributed by atoms with Gasteiger partial charge >= 0.3 is 7.82 Å². The van der Waals surface area contributed by atoms with Crippen LogP contribution in [0.25, 0.3) is 0 Å². The van der Waals surface area contributed by atoms with Crippen LogP contribution >= 0.6 is 7.82 Å². The third-order valence-corrected chi connectivity index (χ3v) is 12.1. The van der Waals surface area contributed by atoms with Crippen LogP contribution < -0.4 is 5.32 Å². The van der Waals surface area contributed by atoms with Crippen LogP contribution in [0, 0.1) is 0 Å². The molecular formula is C56H100N2O6P+. The molecule has 0 spiro atoms. The minimum absolute atomic E-state index is 0.0606. The number of carbonyl (C=O) groups is 1. The molecule has 0 saturated heterocycles. The summed E-state index contributed by atoms with van der Waals surface area (Å²) in [6.07, 6.45) is 65.9. The van der Waals surface area contributed by atoms with E-state index in [-0.39, 0.29) is 19.1 Å². The molecule has 0 aliphatic rings. The average molecular weight is 928 g/mol. The number of allylic oxidation sites excluding steroid dienone is 16. The Labute approximate surface area is 400 Å². The van der Waals surface area contributed by atoms with Crippen molar-refractivity contribution in [3.63, 3.8) is 0 Å². The van der Waals surface area contributed by atoms with Crippen molar-refractivity contribution in [1.82, 2.24) is 5.32 Å². The Morgan fingerprint density at radius 3 is 1.32 bits per heavy atom. The number of amides is 1. The third kappa shape index (κ3) is 49.2. The van der Waals surface area contributed by atoms with E-state index in [0.29, 0.717) is 30.3 Å². The lowest BCUT2D eigenvalue weighted by atomic mass is 10.0. The van der Waals surface area contributed by atoms with Gasteiger partial charge in [0.25, 0.3) is 0 Å². The number of phosphoric ester groups is 1. The number of phosphoric acid groups is 1. The molecule has 0 bridgehead atoms. The number of quaternary nitrogens is 1. The van der Waals surface area contributed by atoms with Gasteiger partial charge in [-0.05, 0) is 77.0 Å². The van der Waals surface area contributed by atoms with E-state index in [1.165, 1.54) is 83.5 Å². The number of hydrogen-bond acceptors (Lipinski definition) is 5. The Bertz CT molecular complexity index is 1370. The van der Waals surface area contributed by atoms with E-state index < -0.39 is 20.0 Å². The molecule has 65 heavy (non-hydrogen) atoms. The molecule has 0 radical (unpaired) electrons. The topological polar surface area (TPSA) is 105 Å². The van der Waals surface area contributed by atoms with Gasteiger partial charge in [0.05, 0.1) is 39.9 Å². The Morgan fingerprint density at radius 1 is 0.538 bits per heavy atom. The quantitative estimate of drug-likeness (QED) is 0.0243. The fraction of sp³-hybridized carbons (Fsp3) is 0.696. The molecule has 0 aromatic heterocycles. The number of unbranched alkanes of at least 4 members (excludes halogenated alkanes) is 17. The number of nitrogens with one attached hydrogen (secondary N) is 1. The van der Waals surface area contributed by atoms with Gasteiger partial charge in [-0.1, -0.05) is 214 Å². The van der Waals surface area contributed by atoms with Crippen LogP contribution in [-0.4, -0.2) is 73.4 Å². The van der Waals surface area contributed by atoms with Crippen LogP contribution in [0.1, 0.15) is 200 Å². The molecule has 0 aliphatic carbocycles. The summed E-state index contributed by atoms with van der Waals surface area (Å²) in [6.45, 7) is 4.73. The number of nitrogens with zero attached hydrogens (tertiary/aromatic N) is 1. The fourth-order valence-corrected chi connectivity index (χ4v) is 7.74. The van der Waals surface area contributed by atoms with Crippen molar-refractivity contribution in [2.24, 2.45) is 0 Å². The number of rotatable bonds is 46. The maximum Gasteiger partial charge on any atom is 0.472 e. The van der Waals surface area contributed by atoms with Crippen LogP contribution in [0.3, 0.4) is 0 Å². The molecule has 0 aromatic carbocycles. The van der Waals surface area contributed by atoms with Crippen molar-refractivity contribution in [3.05, 3.63) is 97.2 Å². The lowest BCUT2D eigenvalue weighted by Gasteiger charge is -2.26. The summed E-state index contributed by atoms with van der Waals surface area (Å²) in [5.74, 6) is -0.190. The summed E-state index contributed by atoms with van der Waals surface area (Å²) in [5, 5.41) is 14.0. The van der Waals surface area contributed by atoms with Gasteiger partial charge in [0.15, 0.2) is 0 Å². The highest BCUT2D eigenvalue weighted by atomic mass is 31.2. The molecule has 0 rings (SSSR count). The lowest BCUT2D eigenvalue weighted by molar-refractivity contribution is -0.870. The maximum atomic E-state index is 12.9. The second-order valence-electron chi connectivity index (χ2n) is 18.5. The summed E-state index contributed by atoms with van der Waals surface area (Å²) in [4.78, 5) is 23.2. The molecule has 1 amide bonds. The standard InChI is InChI=1S/C56H99N2O6P/c1-6-8-10-12-14-16-18-20-22-24-25-26-27-28-29-30-31-32-33-34-36-38-40-42-44-46-48-50-56(60)57-54(53-64-65(61,62)63-52-51-58(3,4)5)55(59)49-47-45-43-41-39-37-35-23-21-19-17-15-13-11-9-7-2/h8,10,14,16,20,22,25-26,28-29,31-32,34,36,40,42,54-55,59H,6-7,9,11-13,15,17-19,21,23-24,27,30,33,35,37-39,41,43-53H2,1-5H3,(H-,57,60,61,62)/p+1/b10-8-,16-14-,22-20-,26-25-,29-28-,32-31-,36-34-,42-40-. The first kappa shape index (κ1) is 62.4.